The zero-order valence-corrected chi connectivity index (χ0v) is 12.0. The van der Waals surface area contributed by atoms with Crippen LogP contribution in [-0.4, -0.2) is 11.1 Å². The number of hydrogen-bond donors (Lipinski definition) is 2. The van der Waals surface area contributed by atoms with E-state index in [4.69, 9.17) is 9.52 Å². The molecule has 2 aromatic rings. The lowest BCUT2D eigenvalue weighted by Gasteiger charge is -2.14. The number of carboxylic acids is 1. The van der Waals surface area contributed by atoms with E-state index in [0.29, 0.717) is 4.47 Å². The monoisotopic (exact) mass is 363 g/mol. The van der Waals surface area contributed by atoms with Crippen molar-refractivity contribution in [2.75, 3.05) is 5.32 Å². The molecule has 0 aliphatic heterocycles. The topological polar surface area (TPSA) is 62.5 Å². The summed E-state index contributed by atoms with van der Waals surface area (Å²) in [5, 5.41) is 11.3. The molecule has 8 heteroatoms. The average Bonchev–Trinajstić information content (AvgIpc) is 2.85. The molecule has 112 valence electrons. The minimum atomic E-state index is -4.50. The first-order valence-electron chi connectivity index (χ1n) is 5.68. The van der Waals surface area contributed by atoms with Crippen molar-refractivity contribution in [3.8, 4) is 0 Å². The van der Waals surface area contributed by atoms with Gasteiger partial charge in [-0.15, -0.1) is 0 Å². The highest BCUT2D eigenvalue weighted by atomic mass is 79.9. The number of alkyl halides is 3. The number of aromatic carboxylic acids is 1. The maximum Gasteiger partial charge on any atom is 0.418 e. The number of nitrogens with one attached hydrogen (secondary N) is 1. The van der Waals surface area contributed by atoms with E-state index in [9.17, 15) is 18.0 Å². The number of carbonyl (C=O) groups is 1. The van der Waals surface area contributed by atoms with Crippen molar-refractivity contribution in [2.45, 2.75) is 12.7 Å². The Morgan fingerprint density at radius 3 is 2.62 bits per heavy atom. The molecule has 0 saturated carbocycles. The van der Waals surface area contributed by atoms with Gasteiger partial charge in [0.2, 0.25) is 0 Å². The van der Waals surface area contributed by atoms with Crippen LogP contribution in [0.1, 0.15) is 21.7 Å². The molecule has 0 radical (unpaired) electrons. The molecule has 0 bridgehead atoms. The lowest BCUT2D eigenvalue weighted by Crippen LogP contribution is -2.10. The highest BCUT2D eigenvalue weighted by Crippen LogP contribution is 2.36. The number of furan rings is 1. The molecule has 0 aliphatic carbocycles. The molecule has 0 saturated heterocycles. The third-order valence-corrected chi connectivity index (χ3v) is 3.13. The molecule has 21 heavy (non-hydrogen) atoms. The fraction of sp³-hybridized carbons (Fsp3) is 0.154. The second-order valence-corrected chi connectivity index (χ2v) is 5.06. The molecule has 4 nitrogen and oxygen atoms in total. The lowest BCUT2D eigenvalue weighted by molar-refractivity contribution is -0.137. The maximum atomic E-state index is 12.9. The molecule has 1 heterocycles. The molecule has 0 unspecified atom stereocenters. The minimum absolute atomic E-state index is 0.0568. The molecule has 0 fully saturated rings. The Labute approximate surface area is 125 Å². The Morgan fingerprint density at radius 1 is 1.33 bits per heavy atom. The van der Waals surface area contributed by atoms with E-state index in [1.165, 1.54) is 18.2 Å². The van der Waals surface area contributed by atoms with Gasteiger partial charge < -0.3 is 14.8 Å². The molecular formula is C13H9BrF3NO3. The van der Waals surface area contributed by atoms with Crippen molar-refractivity contribution in [3.63, 3.8) is 0 Å². The number of anilines is 1. The van der Waals surface area contributed by atoms with Gasteiger partial charge >= 0.3 is 12.1 Å². The van der Waals surface area contributed by atoms with Crippen LogP contribution >= 0.6 is 15.9 Å². The van der Waals surface area contributed by atoms with Gasteiger partial charge in [-0.3, -0.25) is 0 Å². The largest absolute Gasteiger partial charge is 0.478 e. The highest BCUT2D eigenvalue weighted by Gasteiger charge is 2.33. The molecule has 1 aromatic carbocycles. The first-order valence-corrected chi connectivity index (χ1v) is 6.48. The van der Waals surface area contributed by atoms with Gasteiger partial charge in [0.15, 0.2) is 0 Å². The van der Waals surface area contributed by atoms with Gasteiger partial charge in [-0.2, -0.15) is 13.2 Å². The fourth-order valence-corrected chi connectivity index (χ4v) is 2.03. The van der Waals surface area contributed by atoms with Crippen molar-refractivity contribution < 1.29 is 27.5 Å². The third-order valence-electron chi connectivity index (χ3n) is 2.64. The first-order chi connectivity index (χ1) is 9.77. The first kappa shape index (κ1) is 15.4. The molecule has 0 spiro atoms. The lowest BCUT2D eigenvalue weighted by atomic mass is 10.1. The van der Waals surface area contributed by atoms with Crippen LogP contribution in [0.15, 0.2) is 39.4 Å². The van der Waals surface area contributed by atoms with Crippen molar-refractivity contribution in [2.24, 2.45) is 0 Å². The molecule has 0 atom stereocenters. The molecule has 2 rings (SSSR count). The fourth-order valence-electron chi connectivity index (χ4n) is 1.67. The van der Waals surface area contributed by atoms with E-state index in [1.54, 1.807) is 0 Å². The van der Waals surface area contributed by atoms with Gasteiger partial charge in [-0.25, -0.2) is 4.79 Å². The maximum absolute atomic E-state index is 12.9. The van der Waals surface area contributed by atoms with Crippen molar-refractivity contribution >= 4 is 27.6 Å². The molecule has 1 aromatic heterocycles. The van der Waals surface area contributed by atoms with E-state index >= 15 is 0 Å². The standard InChI is InChI=1S/C13H9BrF3NO3/c14-8-1-2-11(10(4-8)13(15,16)17)18-5-9-3-7(6-21-9)12(19)20/h1-4,6,18H,5H2,(H,19,20). The second kappa shape index (κ2) is 5.80. The number of benzene rings is 1. The SMILES string of the molecule is O=C(O)c1coc(CNc2ccc(Br)cc2C(F)(F)F)c1. The van der Waals surface area contributed by atoms with Crippen LogP contribution in [-0.2, 0) is 12.7 Å². The Balaban J connectivity index is 2.18. The Hall–Kier alpha value is -1.96. The van der Waals surface area contributed by atoms with Crippen molar-refractivity contribution in [1.82, 2.24) is 0 Å². The van der Waals surface area contributed by atoms with Gasteiger partial charge in [-0.05, 0) is 24.3 Å². The van der Waals surface area contributed by atoms with Crippen LogP contribution in [0.3, 0.4) is 0 Å². The normalized spacial score (nSPS) is 11.4. The quantitative estimate of drug-likeness (QED) is 0.846. The molecule has 0 aliphatic rings. The van der Waals surface area contributed by atoms with Gasteiger partial charge in [0.1, 0.15) is 12.0 Å². The van der Waals surface area contributed by atoms with Crippen LogP contribution in [0.2, 0.25) is 0 Å². The van der Waals surface area contributed by atoms with E-state index in [1.807, 2.05) is 0 Å². The van der Waals surface area contributed by atoms with Crippen LogP contribution in [0, 0.1) is 0 Å². The zero-order valence-electron chi connectivity index (χ0n) is 10.4. The number of hydrogen-bond acceptors (Lipinski definition) is 3. The summed E-state index contributed by atoms with van der Waals surface area (Å²) in [5.41, 5.74) is -0.987. The zero-order chi connectivity index (χ0) is 15.6. The molecule has 2 N–H and O–H groups in total. The summed E-state index contributed by atoms with van der Waals surface area (Å²) in [5.74, 6) is -0.937. The summed E-state index contributed by atoms with van der Waals surface area (Å²) in [7, 11) is 0. The summed E-state index contributed by atoms with van der Waals surface area (Å²) >= 11 is 2.99. The van der Waals surface area contributed by atoms with Crippen molar-refractivity contribution in [1.29, 1.82) is 0 Å². The van der Waals surface area contributed by atoms with Gasteiger partial charge in [0.05, 0.1) is 17.7 Å². The van der Waals surface area contributed by atoms with Crippen LogP contribution < -0.4 is 5.32 Å². The van der Waals surface area contributed by atoms with Crippen LogP contribution in [0.25, 0.3) is 0 Å². The Morgan fingerprint density at radius 2 is 2.05 bits per heavy atom. The Bertz CT molecular complexity index is 667. The number of rotatable bonds is 4. The number of carboxylic acid groups (broad SMARTS) is 1. The Kier molecular flexibility index (Phi) is 4.26. The summed E-state index contributed by atoms with van der Waals surface area (Å²) in [4.78, 5) is 10.7. The average molecular weight is 364 g/mol. The van der Waals surface area contributed by atoms with E-state index in [2.05, 4.69) is 21.2 Å². The van der Waals surface area contributed by atoms with E-state index in [0.717, 1.165) is 12.3 Å². The smallest absolute Gasteiger partial charge is 0.418 e. The van der Waals surface area contributed by atoms with Crippen LogP contribution in [0.5, 0.6) is 0 Å². The van der Waals surface area contributed by atoms with E-state index in [-0.39, 0.29) is 23.6 Å². The van der Waals surface area contributed by atoms with Gasteiger partial charge in [0.25, 0.3) is 0 Å². The second-order valence-electron chi connectivity index (χ2n) is 4.15. The van der Waals surface area contributed by atoms with E-state index < -0.39 is 17.7 Å². The predicted octanol–water partition coefficient (Wildman–Crippen LogP) is 4.37. The molecule has 0 amide bonds. The van der Waals surface area contributed by atoms with Gasteiger partial charge in [-0.1, -0.05) is 15.9 Å². The summed E-state index contributed by atoms with van der Waals surface area (Å²) in [6.45, 7) is -0.0575. The van der Waals surface area contributed by atoms with Gasteiger partial charge in [0, 0.05) is 10.2 Å². The minimum Gasteiger partial charge on any atom is -0.478 e. The van der Waals surface area contributed by atoms with Crippen molar-refractivity contribution in [3.05, 3.63) is 51.9 Å². The highest BCUT2D eigenvalue weighted by molar-refractivity contribution is 9.10. The summed E-state index contributed by atoms with van der Waals surface area (Å²) < 4.78 is 44.0. The molecular weight excluding hydrogens is 355 g/mol. The predicted molar refractivity (Wildman–Crippen MR) is 72.1 cm³/mol. The number of halogens is 4. The summed E-state index contributed by atoms with van der Waals surface area (Å²) in [6, 6.07) is 4.98. The summed E-state index contributed by atoms with van der Waals surface area (Å²) in [6.07, 6.45) is -3.47. The third kappa shape index (κ3) is 3.78. The van der Waals surface area contributed by atoms with Crippen LogP contribution in [0.4, 0.5) is 18.9 Å².